The van der Waals surface area contributed by atoms with Gasteiger partial charge >= 0.3 is 0 Å². The number of aromatic hydroxyl groups is 2. The number of hydrogen-bond donors (Lipinski definition) is 2. The molecule has 2 aromatic rings. The maximum absolute atomic E-state index is 10.9. The first-order valence-electron chi connectivity index (χ1n) is 9.07. The van der Waals surface area contributed by atoms with Crippen LogP contribution in [0.1, 0.15) is 71.4 Å². The van der Waals surface area contributed by atoms with E-state index in [1.807, 2.05) is 26.0 Å². The average Bonchev–Trinajstić information content (AvgIpc) is 2.56. The third kappa shape index (κ3) is 3.43. The van der Waals surface area contributed by atoms with Crippen LogP contribution in [0.5, 0.6) is 11.5 Å². The predicted octanol–water partition coefficient (Wildman–Crippen LogP) is 5.66. The smallest absolute Gasteiger partial charge is 0.122 e. The number of benzene rings is 2. The Morgan fingerprint density at radius 3 is 2.04 bits per heavy atom. The van der Waals surface area contributed by atoms with Crippen molar-refractivity contribution in [2.45, 2.75) is 65.2 Å². The van der Waals surface area contributed by atoms with Gasteiger partial charge in [0.1, 0.15) is 11.5 Å². The van der Waals surface area contributed by atoms with E-state index in [1.54, 1.807) is 0 Å². The number of phenolic OH excluding ortho intramolecular Hbond substituents is 2. The van der Waals surface area contributed by atoms with Crippen molar-refractivity contribution < 1.29 is 10.2 Å². The molecule has 1 aliphatic rings. The monoisotopic (exact) mass is 324 g/mol. The summed E-state index contributed by atoms with van der Waals surface area (Å²) in [6.07, 6.45) is 6.74. The lowest BCUT2D eigenvalue weighted by Gasteiger charge is -2.24. The standard InChI is InChI=1S/C22H28O2/c1-14-9-16(3)21(23)18(10-14)13-19-11-15(2)12-20(22(19)24)17-7-5-4-6-8-17/h9-12,17,23-24H,4-8,13H2,1-3H3. The molecule has 0 atom stereocenters. The molecule has 128 valence electrons. The number of hydrogen-bond acceptors (Lipinski definition) is 2. The molecule has 0 spiro atoms. The Kier molecular flexibility index (Phi) is 4.84. The summed E-state index contributed by atoms with van der Waals surface area (Å²) in [5, 5.41) is 21.3. The quantitative estimate of drug-likeness (QED) is 0.764. The van der Waals surface area contributed by atoms with Gasteiger partial charge in [0.2, 0.25) is 0 Å². The summed E-state index contributed by atoms with van der Waals surface area (Å²) in [7, 11) is 0. The van der Waals surface area contributed by atoms with Crippen LogP contribution in [0.4, 0.5) is 0 Å². The van der Waals surface area contributed by atoms with Crippen LogP contribution >= 0.6 is 0 Å². The molecule has 0 amide bonds. The maximum atomic E-state index is 10.9. The van der Waals surface area contributed by atoms with Crippen molar-refractivity contribution in [2.24, 2.45) is 0 Å². The highest BCUT2D eigenvalue weighted by Crippen LogP contribution is 2.40. The van der Waals surface area contributed by atoms with Crippen molar-refractivity contribution in [3.63, 3.8) is 0 Å². The molecule has 0 heterocycles. The van der Waals surface area contributed by atoms with Crippen LogP contribution in [-0.4, -0.2) is 10.2 Å². The van der Waals surface area contributed by atoms with Gasteiger partial charge in [-0.1, -0.05) is 54.7 Å². The molecule has 24 heavy (non-hydrogen) atoms. The third-order valence-electron chi connectivity index (χ3n) is 5.31. The lowest BCUT2D eigenvalue weighted by Crippen LogP contribution is -2.06. The van der Waals surface area contributed by atoms with E-state index < -0.39 is 0 Å². The summed E-state index contributed by atoms with van der Waals surface area (Å²) in [6, 6.07) is 8.21. The highest BCUT2D eigenvalue weighted by Gasteiger charge is 2.21. The lowest BCUT2D eigenvalue weighted by atomic mass is 9.82. The molecule has 0 unspecified atom stereocenters. The molecule has 0 bridgehead atoms. The minimum atomic E-state index is 0.348. The second-order valence-electron chi connectivity index (χ2n) is 7.46. The van der Waals surface area contributed by atoms with Gasteiger partial charge in [-0.25, -0.2) is 0 Å². The van der Waals surface area contributed by atoms with Gasteiger partial charge in [-0.2, -0.15) is 0 Å². The highest BCUT2D eigenvalue weighted by atomic mass is 16.3. The van der Waals surface area contributed by atoms with Gasteiger partial charge < -0.3 is 10.2 Å². The number of phenols is 2. The number of aryl methyl sites for hydroxylation is 3. The van der Waals surface area contributed by atoms with Crippen LogP contribution in [0.25, 0.3) is 0 Å². The van der Waals surface area contributed by atoms with Crippen molar-refractivity contribution in [3.8, 4) is 11.5 Å². The minimum Gasteiger partial charge on any atom is -0.507 e. The SMILES string of the molecule is Cc1cc(C)c(O)c(Cc2cc(C)cc(C3CCCCC3)c2O)c1. The average molecular weight is 324 g/mol. The predicted molar refractivity (Wildman–Crippen MR) is 99.1 cm³/mol. The van der Waals surface area contributed by atoms with Gasteiger partial charge in [0.25, 0.3) is 0 Å². The van der Waals surface area contributed by atoms with Crippen LogP contribution < -0.4 is 0 Å². The molecule has 3 rings (SSSR count). The Labute approximate surface area is 145 Å². The normalized spacial score (nSPS) is 15.6. The summed E-state index contributed by atoms with van der Waals surface area (Å²) < 4.78 is 0. The molecule has 2 aromatic carbocycles. The van der Waals surface area contributed by atoms with Crippen molar-refractivity contribution >= 4 is 0 Å². The Morgan fingerprint density at radius 2 is 1.38 bits per heavy atom. The molecule has 1 aliphatic carbocycles. The summed E-state index contributed by atoms with van der Waals surface area (Å²) in [5.74, 6) is 1.26. The molecule has 0 radical (unpaired) electrons. The molecule has 2 heteroatoms. The van der Waals surface area contributed by atoms with Gasteiger partial charge in [-0.05, 0) is 61.8 Å². The van der Waals surface area contributed by atoms with Crippen LogP contribution in [0, 0.1) is 20.8 Å². The maximum Gasteiger partial charge on any atom is 0.122 e. The van der Waals surface area contributed by atoms with Gasteiger partial charge in [-0.3, -0.25) is 0 Å². The van der Waals surface area contributed by atoms with Gasteiger partial charge in [0.05, 0.1) is 0 Å². The van der Waals surface area contributed by atoms with E-state index >= 15 is 0 Å². The second-order valence-corrected chi connectivity index (χ2v) is 7.46. The molecule has 0 aromatic heterocycles. The van der Waals surface area contributed by atoms with Crippen LogP contribution in [0.2, 0.25) is 0 Å². The summed E-state index contributed by atoms with van der Waals surface area (Å²) >= 11 is 0. The first kappa shape index (κ1) is 16.9. The van der Waals surface area contributed by atoms with E-state index in [4.69, 9.17) is 0 Å². The van der Waals surface area contributed by atoms with Gasteiger partial charge in [0, 0.05) is 6.42 Å². The molecule has 0 saturated heterocycles. The molecule has 0 aliphatic heterocycles. The van der Waals surface area contributed by atoms with Crippen LogP contribution in [-0.2, 0) is 6.42 Å². The second kappa shape index (κ2) is 6.88. The zero-order chi connectivity index (χ0) is 17.3. The minimum absolute atomic E-state index is 0.348. The van der Waals surface area contributed by atoms with Crippen molar-refractivity contribution in [1.82, 2.24) is 0 Å². The van der Waals surface area contributed by atoms with E-state index in [0.29, 0.717) is 23.8 Å². The largest absolute Gasteiger partial charge is 0.507 e. The van der Waals surface area contributed by atoms with Crippen LogP contribution in [0.15, 0.2) is 24.3 Å². The third-order valence-corrected chi connectivity index (χ3v) is 5.31. The first-order valence-corrected chi connectivity index (χ1v) is 9.07. The van der Waals surface area contributed by atoms with Crippen molar-refractivity contribution in [1.29, 1.82) is 0 Å². The molecule has 1 saturated carbocycles. The Balaban J connectivity index is 1.98. The van der Waals surface area contributed by atoms with E-state index in [1.165, 1.54) is 37.7 Å². The molecular formula is C22H28O2. The van der Waals surface area contributed by atoms with E-state index in [9.17, 15) is 10.2 Å². The zero-order valence-corrected chi connectivity index (χ0v) is 15.0. The Morgan fingerprint density at radius 1 is 0.792 bits per heavy atom. The molecule has 1 fully saturated rings. The fourth-order valence-corrected chi connectivity index (χ4v) is 4.13. The lowest BCUT2D eigenvalue weighted by molar-refractivity contribution is 0.411. The Hall–Kier alpha value is -1.96. The van der Waals surface area contributed by atoms with Crippen molar-refractivity contribution in [3.05, 3.63) is 57.6 Å². The Bertz CT molecular complexity index is 740. The molecule has 2 N–H and O–H groups in total. The highest BCUT2D eigenvalue weighted by molar-refractivity contribution is 5.51. The van der Waals surface area contributed by atoms with Crippen molar-refractivity contribution in [2.75, 3.05) is 0 Å². The molecular weight excluding hydrogens is 296 g/mol. The van der Waals surface area contributed by atoms with E-state index in [0.717, 1.165) is 27.8 Å². The van der Waals surface area contributed by atoms with Gasteiger partial charge in [-0.15, -0.1) is 0 Å². The van der Waals surface area contributed by atoms with Crippen LogP contribution in [0.3, 0.4) is 0 Å². The summed E-state index contributed by atoms with van der Waals surface area (Å²) in [6.45, 7) is 6.06. The fourth-order valence-electron chi connectivity index (χ4n) is 4.13. The van der Waals surface area contributed by atoms with E-state index in [-0.39, 0.29) is 0 Å². The fraction of sp³-hybridized carbons (Fsp3) is 0.455. The zero-order valence-electron chi connectivity index (χ0n) is 15.0. The summed E-state index contributed by atoms with van der Waals surface area (Å²) in [4.78, 5) is 0. The van der Waals surface area contributed by atoms with E-state index in [2.05, 4.69) is 19.1 Å². The topological polar surface area (TPSA) is 40.5 Å². The van der Waals surface area contributed by atoms with Gasteiger partial charge in [0.15, 0.2) is 0 Å². The first-order chi connectivity index (χ1) is 11.5. The number of rotatable bonds is 3. The molecule has 2 nitrogen and oxygen atoms in total. The summed E-state index contributed by atoms with van der Waals surface area (Å²) in [5.41, 5.74) is 6.14.